The largest absolute Gasteiger partial charge is 0.310 e. The van der Waals surface area contributed by atoms with E-state index in [1.165, 1.54) is 285 Å². The molecular formula is C107H106N2. The number of rotatable bonds is 18. The highest BCUT2D eigenvalue weighted by molar-refractivity contribution is 5.92. The summed E-state index contributed by atoms with van der Waals surface area (Å²) in [6, 6.07) is 98.1. The van der Waals surface area contributed by atoms with Crippen molar-refractivity contribution < 1.29 is 0 Å². The molecule has 0 N–H and O–H groups in total. The number of aryl methyl sites for hydroxylation is 4. The molecule has 0 aliphatic heterocycles. The molecule has 544 valence electrons. The van der Waals surface area contributed by atoms with Crippen molar-refractivity contribution in [3.63, 3.8) is 0 Å². The fourth-order valence-electron chi connectivity index (χ4n) is 23.3. The molecule has 20 rings (SSSR count). The van der Waals surface area contributed by atoms with E-state index in [2.05, 4.69) is 294 Å². The van der Waals surface area contributed by atoms with E-state index in [9.17, 15) is 0 Å². The predicted octanol–water partition coefficient (Wildman–Crippen LogP) is 29.5. The molecule has 0 radical (unpaired) electrons. The van der Waals surface area contributed by atoms with Gasteiger partial charge in [-0.15, -0.1) is 0 Å². The van der Waals surface area contributed by atoms with Gasteiger partial charge in [-0.2, -0.15) is 0 Å². The fourth-order valence-corrected chi connectivity index (χ4v) is 23.3. The average molecular weight is 1420 g/mol. The Hall–Kier alpha value is -9.76. The van der Waals surface area contributed by atoms with Crippen molar-refractivity contribution >= 4 is 34.1 Å². The molecule has 8 aliphatic rings. The van der Waals surface area contributed by atoms with Crippen molar-refractivity contribution in [2.75, 3.05) is 9.80 Å². The lowest BCUT2D eigenvalue weighted by atomic mass is 9.76. The van der Waals surface area contributed by atoms with Crippen molar-refractivity contribution in [2.24, 2.45) is 0 Å². The van der Waals surface area contributed by atoms with Gasteiger partial charge in [0.05, 0.1) is 0 Å². The third kappa shape index (κ3) is 10.8. The topological polar surface area (TPSA) is 6.48 Å². The maximum atomic E-state index is 2.62. The minimum Gasteiger partial charge on any atom is -0.310 e. The molecule has 0 unspecified atom stereocenters. The van der Waals surface area contributed by atoms with Gasteiger partial charge in [-0.25, -0.2) is 0 Å². The zero-order valence-corrected chi connectivity index (χ0v) is 65.5. The summed E-state index contributed by atoms with van der Waals surface area (Å²) < 4.78 is 0. The van der Waals surface area contributed by atoms with Crippen LogP contribution in [0.1, 0.15) is 248 Å². The lowest BCUT2D eigenvalue weighted by Crippen LogP contribution is -2.22. The molecule has 0 heterocycles. The summed E-state index contributed by atoms with van der Waals surface area (Å²) in [7, 11) is 0. The van der Waals surface area contributed by atoms with Crippen LogP contribution >= 0.6 is 0 Å². The third-order valence-electron chi connectivity index (χ3n) is 28.8. The monoisotopic (exact) mass is 1420 g/mol. The average Bonchev–Trinajstić information content (AvgIpc) is 1.57. The van der Waals surface area contributed by atoms with Crippen molar-refractivity contribution in [2.45, 2.75) is 223 Å². The quantitative estimate of drug-likeness (QED) is 0.0845. The van der Waals surface area contributed by atoms with Crippen LogP contribution in [-0.2, 0) is 52.8 Å². The van der Waals surface area contributed by atoms with Gasteiger partial charge in [0, 0.05) is 61.2 Å². The molecule has 109 heavy (non-hydrogen) atoms. The van der Waals surface area contributed by atoms with Gasteiger partial charge in [0.1, 0.15) is 0 Å². The van der Waals surface area contributed by atoms with E-state index in [1.807, 2.05) is 0 Å². The molecule has 0 atom stereocenters. The summed E-state index contributed by atoms with van der Waals surface area (Å²) in [5.41, 5.74) is 45.0. The Bertz CT molecular complexity index is 4930. The molecule has 12 aromatic carbocycles. The molecule has 0 saturated heterocycles. The summed E-state index contributed by atoms with van der Waals surface area (Å²) >= 11 is 0. The van der Waals surface area contributed by atoms with E-state index in [4.69, 9.17) is 0 Å². The van der Waals surface area contributed by atoms with Crippen LogP contribution in [0.25, 0.3) is 66.8 Å². The molecule has 0 amide bonds. The van der Waals surface area contributed by atoms with Crippen molar-refractivity contribution in [1.29, 1.82) is 0 Å². The van der Waals surface area contributed by atoms with Crippen molar-refractivity contribution in [1.82, 2.24) is 0 Å². The number of anilines is 6. The van der Waals surface area contributed by atoms with Crippen LogP contribution in [0.2, 0.25) is 0 Å². The number of hydrogen-bond acceptors (Lipinski definition) is 2. The van der Waals surface area contributed by atoms with E-state index in [1.54, 1.807) is 22.3 Å². The molecule has 2 nitrogen and oxygen atoms in total. The minimum atomic E-state index is -0.220. The predicted molar refractivity (Wildman–Crippen MR) is 460 cm³/mol. The first-order valence-electron chi connectivity index (χ1n) is 42.6. The molecule has 4 spiro atoms. The summed E-state index contributed by atoms with van der Waals surface area (Å²) in [5.74, 6) is 0. The number of fused-ring (bicyclic) bond motifs is 20. The zero-order chi connectivity index (χ0) is 73.4. The summed E-state index contributed by atoms with van der Waals surface area (Å²) in [5, 5.41) is 0. The second kappa shape index (κ2) is 26.8. The van der Waals surface area contributed by atoms with Crippen LogP contribution in [0.4, 0.5) is 34.1 Å². The minimum absolute atomic E-state index is 0.0685. The molecule has 12 aromatic rings. The maximum absolute atomic E-state index is 2.62. The highest BCUT2D eigenvalue weighted by Crippen LogP contribution is 2.64. The SMILES string of the molecule is CCCc1ccc2c(c1)C1(CCCC1)c1cc(N(c3ccc(-c4ccc(C(C)(C)c5ccc(-c6ccc(N(c7ccc8c(c7)C7(CCCC7)c7cc(CCC)ccc7-8)c7ccc8c(c7)C7(CCCC7)c7cc(CCC)ccc7-8)cc6)cc5)cc4)cc3)c3ccc4c(c3)C3(CCCC3)c3cc(CCC)ccc3-4)ccc1-2. The standard InChI is InChI=1S/C107H106N2/c1-7-19-71-23-47-87-91-51-43-83(67-99(91)104(95(87)63-71)55-11-12-56-104)108(84-44-52-92-88-48-24-72(20-8-2)64-96(88)105(100(92)68-84)57-13-14-58-105)81-39-31-77(32-40-81)75-27-35-79(36-28-75)103(5,6)80-37-29-76(30-38-80)78-33-41-82(42-34-78)109(85-45-53-93-89-49-25-73(21-9-3)65-97(89)106(101(93)69-85)59-15-16-60-106)86-46-54-94-90-50-26-74(22-10-4)66-98(90)107(102(94)70-86)61-17-18-62-107/h23-54,63-70H,7-22,55-62H2,1-6H3. The van der Waals surface area contributed by atoms with Gasteiger partial charge in [0.25, 0.3) is 0 Å². The van der Waals surface area contributed by atoms with Crippen LogP contribution in [0, 0.1) is 0 Å². The Balaban J connectivity index is 0.600. The molecule has 8 aliphatic carbocycles. The zero-order valence-electron chi connectivity index (χ0n) is 65.5. The fraction of sp³-hybridized carbons (Fsp3) is 0.327. The number of nitrogens with zero attached hydrogens (tertiary/aromatic N) is 2. The van der Waals surface area contributed by atoms with E-state index in [-0.39, 0.29) is 27.1 Å². The Kier molecular flexibility index (Phi) is 16.8. The molecule has 0 aromatic heterocycles. The van der Waals surface area contributed by atoms with E-state index < -0.39 is 0 Å². The van der Waals surface area contributed by atoms with Gasteiger partial charge in [0.2, 0.25) is 0 Å². The molecule has 4 saturated carbocycles. The maximum Gasteiger partial charge on any atom is 0.0465 e. The first-order valence-corrected chi connectivity index (χ1v) is 42.6. The van der Waals surface area contributed by atoms with Gasteiger partial charge in [-0.05, 0) is 294 Å². The van der Waals surface area contributed by atoms with E-state index >= 15 is 0 Å². The molecular weight excluding hydrogens is 1310 g/mol. The first kappa shape index (κ1) is 68.5. The summed E-state index contributed by atoms with van der Waals surface area (Å²) in [6.07, 6.45) is 29.3. The lowest BCUT2D eigenvalue weighted by molar-refractivity contribution is 0.549. The Morgan fingerprint density at radius 1 is 0.229 bits per heavy atom. The second-order valence-corrected chi connectivity index (χ2v) is 35.1. The van der Waals surface area contributed by atoms with Crippen LogP contribution in [0.5, 0.6) is 0 Å². The lowest BCUT2D eigenvalue weighted by Gasteiger charge is -2.32. The number of benzene rings is 12. The van der Waals surface area contributed by atoms with Gasteiger partial charge >= 0.3 is 0 Å². The van der Waals surface area contributed by atoms with E-state index in [0.29, 0.717) is 0 Å². The van der Waals surface area contributed by atoms with Crippen LogP contribution in [0.3, 0.4) is 0 Å². The summed E-state index contributed by atoms with van der Waals surface area (Å²) in [4.78, 5) is 5.21. The Morgan fingerprint density at radius 2 is 0.422 bits per heavy atom. The van der Waals surface area contributed by atoms with Gasteiger partial charge in [0.15, 0.2) is 0 Å². The highest BCUT2D eigenvalue weighted by Gasteiger charge is 2.50. The molecule has 0 bridgehead atoms. The molecule has 2 heteroatoms. The second-order valence-electron chi connectivity index (χ2n) is 35.1. The van der Waals surface area contributed by atoms with Crippen LogP contribution < -0.4 is 9.80 Å². The van der Waals surface area contributed by atoms with E-state index in [0.717, 1.165) is 25.7 Å². The van der Waals surface area contributed by atoms with Gasteiger partial charge in [-0.3, -0.25) is 0 Å². The summed E-state index contributed by atoms with van der Waals surface area (Å²) in [6.45, 7) is 14.0. The Labute approximate surface area is 649 Å². The third-order valence-corrected chi connectivity index (χ3v) is 28.8. The van der Waals surface area contributed by atoms with Gasteiger partial charge < -0.3 is 9.80 Å². The number of hydrogen-bond donors (Lipinski definition) is 0. The van der Waals surface area contributed by atoms with Crippen LogP contribution in [-0.4, -0.2) is 0 Å². The smallest absolute Gasteiger partial charge is 0.0465 e. The van der Waals surface area contributed by atoms with Gasteiger partial charge in [-0.1, -0.05) is 288 Å². The normalized spacial score (nSPS) is 17.1. The Morgan fingerprint density at radius 3 is 0.642 bits per heavy atom. The molecule has 4 fully saturated rings. The van der Waals surface area contributed by atoms with Crippen LogP contribution in [0.15, 0.2) is 243 Å². The first-order chi connectivity index (χ1) is 53.4. The highest BCUT2D eigenvalue weighted by atomic mass is 15.1. The van der Waals surface area contributed by atoms with Crippen molar-refractivity contribution in [3.8, 4) is 66.8 Å². The van der Waals surface area contributed by atoms with Crippen molar-refractivity contribution in [3.05, 3.63) is 321 Å².